The van der Waals surface area contributed by atoms with Crippen molar-refractivity contribution in [3.63, 3.8) is 0 Å². The number of halogens is 1. The molecule has 0 spiro atoms. The topological polar surface area (TPSA) is 93.6 Å². The second-order valence-corrected chi connectivity index (χ2v) is 12.3. The number of methoxy groups -OCH3 is 2. The van der Waals surface area contributed by atoms with Crippen LogP contribution in [0.2, 0.25) is 5.02 Å². The summed E-state index contributed by atoms with van der Waals surface area (Å²) in [6, 6.07) is 9.86. The Balaban J connectivity index is 1.44. The van der Waals surface area contributed by atoms with Crippen LogP contribution in [0.25, 0.3) is 0 Å². The lowest BCUT2D eigenvalue weighted by atomic mass is 9.87. The number of hydrogen-bond donors (Lipinski definition) is 1. The highest BCUT2D eigenvalue weighted by atomic mass is 35.5. The maximum Gasteiger partial charge on any atom is 0.305 e. The predicted molar refractivity (Wildman–Crippen MR) is 165 cm³/mol. The molecule has 2 saturated heterocycles. The number of aliphatic carboxylic acids is 1. The molecule has 1 aromatic carbocycles. The van der Waals surface area contributed by atoms with E-state index < -0.39 is 5.97 Å². The van der Waals surface area contributed by atoms with Gasteiger partial charge in [-0.1, -0.05) is 32.4 Å². The molecule has 9 nitrogen and oxygen atoms in total. The molecule has 0 radical (unpaired) electrons. The number of nitrogens with zero attached hydrogens (tertiary/aromatic N) is 3. The molecule has 10 heteroatoms. The van der Waals surface area contributed by atoms with Gasteiger partial charge in [-0.05, 0) is 43.0 Å². The van der Waals surface area contributed by atoms with Crippen LogP contribution in [-0.4, -0.2) is 81.4 Å². The number of anilines is 2. The van der Waals surface area contributed by atoms with Gasteiger partial charge >= 0.3 is 5.97 Å². The van der Waals surface area contributed by atoms with E-state index in [1.807, 2.05) is 30.3 Å². The van der Waals surface area contributed by atoms with Gasteiger partial charge in [-0.15, -0.1) is 0 Å². The van der Waals surface area contributed by atoms with Gasteiger partial charge in [-0.3, -0.25) is 4.79 Å². The fraction of sp³-hybridized carbons (Fsp3) is 0.625. The van der Waals surface area contributed by atoms with Crippen molar-refractivity contribution in [1.82, 2.24) is 4.98 Å². The number of carbonyl (C=O) groups is 1. The van der Waals surface area contributed by atoms with Crippen molar-refractivity contribution < 1.29 is 28.8 Å². The number of piperidine rings is 1. The third kappa shape index (κ3) is 8.20. The molecule has 2 aliphatic heterocycles. The Labute approximate surface area is 255 Å². The minimum atomic E-state index is -0.800. The van der Waals surface area contributed by atoms with E-state index in [0.717, 1.165) is 49.5 Å². The summed E-state index contributed by atoms with van der Waals surface area (Å²) in [6.45, 7) is 10.1. The van der Waals surface area contributed by atoms with E-state index in [4.69, 9.17) is 30.5 Å². The molecule has 4 rings (SSSR count). The monoisotopic (exact) mass is 603 g/mol. The van der Waals surface area contributed by atoms with Gasteiger partial charge in [-0.25, -0.2) is 4.98 Å². The lowest BCUT2D eigenvalue weighted by molar-refractivity contribution is -0.137. The number of benzene rings is 1. The van der Waals surface area contributed by atoms with Crippen molar-refractivity contribution in [1.29, 1.82) is 0 Å². The Hall–Kier alpha value is -2.75. The summed E-state index contributed by atoms with van der Waals surface area (Å²) in [6.07, 6.45) is 4.48. The first-order valence-electron chi connectivity index (χ1n) is 15.0. The fourth-order valence-corrected chi connectivity index (χ4v) is 6.54. The minimum Gasteiger partial charge on any atom is -0.490 e. The summed E-state index contributed by atoms with van der Waals surface area (Å²) < 4.78 is 23.2. The maximum absolute atomic E-state index is 11.7. The lowest BCUT2D eigenvalue weighted by Crippen LogP contribution is -2.46. The summed E-state index contributed by atoms with van der Waals surface area (Å²) in [5.41, 5.74) is 1.93. The molecular weight excluding hydrogens is 558 g/mol. The van der Waals surface area contributed by atoms with Crippen LogP contribution in [0.1, 0.15) is 46.5 Å². The largest absolute Gasteiger partial charge is 0.490 e. The average Bonchev–Trinajstić information content (AvgIpc) is 3.26. The molecule has 2 aromatic rings. The summed E-state index contributed by atoms with van der Waals surface area (Å²) in [7, 11) is 3.29. The Bertz CT molecular complexity index is 1150. The van der Waals surface area contributed by atoms with Crippen LogP contribution in [0.5, 0.6) is 11.6 Å². The van der Waals surface area contributed by atoms with Gasteiger partial charge < -0.3 is 33.9 Å². The molecule has 1 N–H and O–H groups in total. The third-order valence-electron chi connectivity index (χ3n) is 8.43. The molecule has 0 amide bonds. The number of carboxylic acids is 1. The second-order valence-electron chi connectivity index (χ2n) is 11.9. The lowest BCUT2D eigenvalue weighted by Gasteiger charge is -2.40. The SMILES string of the molecule is COCCCOC1CN(c2ccc(OC3CCN(c4cc(OC)ncc4Cl)CC3CC(C)C)cc2)C(CC(=O)O)C1C. The molecule has 42 heavy (non-hydrogen) atoms. The van der Waals surface area contributed by atoms with Gasteiger partial charge in [0.15, 0.2) is 0 Å². The van der Waals surface area contributed by atoms with Crippen LogP contribution in [0, 0.1) is 17.8 Å². The van der Waals surface area contributed by atoms with Gasteiger partial charge in [0.25, 0.3) is 0 Å². The zero-order chi connectivity index (χ0) is 30.2. The molecule has 0 aliphatic carbocycles. The van der Waals surface area contributed by atoms with Gasteiger partial charge in [0.2, 0.25) is 5.88 Å². The van der Waals surface area contributed by atoms with E-state index in [9.17, 15) is 9.90 Å². The van der Waals surface area contributed by atoms with Crippen LogP contribution < -0.4 is 19.3 Å². The molecule has 232 valence electrons. The predicted octanol–water partition coefficient (Wildman–Crippen LogP) is 5.78. The van der Waals surface area contributed by atoms with Gasteiger partial charge in [0, 0.05) is 76.0 Å². The summed E-state index contributed by atoms with van der Waals surface area (Å²) in [5, 5.41) is 10.2. The van der Waals surface area contributed by atoms with Crippen LogP contribution in [0.15, 0.2) is 36.5 Å². The van der Waals surface area contributed by atoms with Gasteiger partial charge in [0.1, 0.15) is 11.9 Å². The van der Waals surface area contributed by atoms with Crippen LogP contribution >= 0.6 is 11.6 Å². The standard InChI is InChI=1S/C32H46ClN3O6/c1-21(2)15-23-19-35(28-16-31(40-5)34-18-26(28)33)12-11-29(23)42-25-9-7-24(8-10-25)36-20-30(41-14-6-13-39-4)22(3)27(36)17-32(37)38/h7-10,16,18,21-23,27,29-30H,6,11-15,17,19-20H2,1-5H3,(H,37,38). The quantitative estimate of drug-likeness (QED) is 0.269. The Kier molecular flexibility index (Phi) is 11.6. The van der Waals surface area contributed by atoms with Crippen molar-refractivity contribution in [2.24, 2.45) is 17.8 Å². The van der Waals surface area contributed by atoms with Gasteiger partial charge in [-0.2, -0.15) is 0 Å². The van der Waals surface area contributed by atoms with Crippen molar-refractivity contribution >= 4 is 28.9 Å². The van der Waals surface area contributed by atoms with E-state index in [1.54, 1.807) is 20.4 Å². The fourth-order valence-electron chi connectivity index (χ4n) is 6.31. The molecular formula is C32H46ClN3O6. The number of rotatable bonds is 14. The molecule has 1 aromatic heterocycles. The first kappa shape index (κ1) is 32.2. The highest BCUT2D eigenvalue weighted by Gasteiger charge is 2.41. The Morgan fingerprint density at radius 1 is 1.14 bits per heavy atom. The van der Waals surface area contributed by atoms with Crippen molar-refractivity contribution in [2.75, 3.05) is 56.9 Å². The second kappa shape index (κ2) is 15.1. The number of aromatic nitrogens is 1. The summed E-state index contributed by atoms with van der Waals surface area (Å²) in [5.74, 6) is 1.52. The number of pyridine rings is 1. The van der Waals surface area contributed by atoms with E-state index in [1.165, 1.54) is 0 Å². The molecule has 0 saturated carbocycles. The van der Waals surface area contributed by atoms with Crippen molar-refractivity contribution in [2.45, 2.75) is 64.7 Å². The molecule has 2 fully saturated rings. The highest BCUT2D eigenvalue weighted by molar-refractivity contribution is 6.33. The molecule has 2 aliphatic rings. The number of carboxylic acid groups (broad SMARTS) is 1. The first-order valence-corrected chi connectivity index (χ1v) is 15.4. The average molecular weight is 604 g/mol. The van der Waals surface area contributed by atoms with Crippen molar-refractivity contribution in [3.8, 4) is 11.6 Å². The summed E-state index contributed by atoms with van der Waals surface area (Å²) in [4.78, 5) is 20.4. The number of hydrogen-bond acceptors (Lipinski definition) is 8. The molecule has 5 atom stereocenters. The Morgan fingerprint density at radius 3 is 2.57 bits per heavy atom. The van der Waals surface area contributed by atoms with Gasteiger partial charge in [0.05, 0.1) is 36.5 Å². The highest BCUT2D eigenvalue weighted by Crippen LogP contribution is 2.37. The summed E-state index contributed by atoms with van der Waals surface area (Å²) >= 11 is 6.53. The zero-order valence-corrected chi connectivity index (χ0v) is 26.3. The molecule has 0 bridgehead atoms. The van der Waals surface area contributed by atoms with Crippen molar-refractivity contribution in [3.05, 3.63) is 41.6 Å². The van der Waals surface area contributed by atoms with Crippen LogP contribution in [0.4, 0.5) is 11.4 Å². The van der Waals surface area contributed by atoms with Crippen LogP contribution in [-0.2, 0) is 14.3 Å². The zero-order valence-electron chi connectivity index (χ0n) is 25.5. The third-order valence-corrected chi connectivity index (χ3v) is 8.72. The van der Waals surface area contributed by atoms with E-state index in [2.05, 4.69) is 35.6 Å². The molecule has 5 unspecified atom stereocenters. The van der Waals surface area contributed by atoms with Crippen LogP contribution in [0.3, 0.4) is 0 Å². The molecule has 3 heterocycles. The van der Waals surface area contributed by atoms with E-state index in [-0.39, 0.29) is 30.6 Å². The van der Waals surface area contributed by atoms with E-state index >= 15 is 0 Å². The number of ether oxygens (including phenoxy) is 4. The Morgan fingerprint density at radius 2 is 1.90 bits per heavy atom. The normalized spacial score (nSPS) is 24.3. The smallest absolute Gasteiger partial charge is 0.305 e. The first-order chi connectivity index (χ1) is 20.2. The minimum absolute atomic E-state index is 0.0297. The van der Waals surface area contributed by atoms with E-state index in [0.29, 0.717) is 42.5 Å². The maximum atomic E-state index is 11.7.